The predicted molar refractivity (Wildman–Crippen MR) is 181 cm³/mol. The minimum absolute atomic E-state index is 0.163. The molecule has 4 nitrogen and oxygen atoms in total. The van der Waals surface area contributed by atoms with E-state index in [1.54, 1.807) is 11.1 Å². The van der Waals surface area contributed by atoms with Crippen LogP contribution in [-0.2, 0) is 28.7 Å². The summed E-state index contributed by atoms with van der Waals surface area (Å²) >= 11 is 0. The molecule has 0 atom stereocenters. The molecular formula is C38H68N2O2. The van der Waals surface area contributed by atoms with Gasteiger partial charge < -0.3 is 20.1 Å². The fraction of sp³-hybridized carbons (Fsp3) is 0.842. The van der Waals surface area contributed by atoms with Crippen molar-refractivity contribution in [1.82, 2.24) is 10.6 Å². The second kappa shape index (κ2) is 15.9. The van der Waals surface area contributed by atoms with Crippen molar-refractivity contribution in [3.63, 3.8) is 0 Å². The molecule has 0 bridgehead atoms. The predicted octanol–water partition coefficient (Wildman–Crippen LogP) is 9.11. The Morgan fingerprint density at radius 2 is 1.00 bits per heavy atom. The fourth-order valence-electron chi connectivity index (χ4n) is 8.16. The number of aryl methyl sites for hydroxylation is 3. The number of benzene rings is 1. The molecule has 0 aliphatic carbocycles. The summed E-state index contributed by atoms with van der Waals surface area (Å²) in [5, 5.41) is 7.51. The third-order valence-electron chi connectivity index (χ3n) is 9.36. The van der Waals surface area contributed by atoms with Crippen molar-refractivity contribution in [3.8, 4) is 0 Å². The van der Waals surface area contributed by atoms with Crippen LogP contribution < -0.4 is 10.6 Å². The van der Waals surface area contributed by atoms with E-state index in [4.69, 9.17) is 9.47 Å². The van der Waals surface area contributed by atoms with Crippen molar-refractivity contribution in [1.29, 1.82) is 0 Å². The first-order valence-electron chi connectivity index (χ1n) is 17.6. The van der Waals surface area contributed by atoms with Gasteiger partial charge in [0.2, 0.25) is 0 Å². The highest BCUT2D eigenvalue weighted by atomic mass is 16.5. The molecule has 0 amide bonds. The molecule has 0 saturated carbocycles. The second-order valence-electron chi connectivity index (χ2n) is 16.4. The summed E-state index contributed by atoms with van der Waals surface area (Å²) < 4.78 is 12.6. The molecule has 2 aliphatic rings. The Morgan fingerprint density at radius 3 is 1.45 bits per heavy atom. The van der Waals surface area contributed by atoms with Crippen molar-refractivity contribution in [3.05, 3.63) is 34.9 Å². The summed E-state index contributed by atoms with van der Waals surface area (Å²) in [6, 6.07) is 7.32. The topological polar surface area (TPSA) is 42.5 Å². The van der Waals surface area contributed by atoms with E-state index < -0.39 is 0 Å². The first-order chi connectivity index (χ1) is 19.7. The molecule has 2 aliphatic heterocycles. The van der Waals surface area contributed by atoms with Gasteiger partial charge in [-0.1, -0.05) is 50.8 Å². The van der Waals surface area contributed by atoms with E-state index in [1.165, 1.54) is 69.8 Å². The molecule has 2 fully saturated rings. The standard InChI is InChI=1S/C38H68N2O2/c1-10-31-25-30(19-15-11-13-17-23-41-33-26-35(2,3)39-36(4,5)27-33)21-22-32(31)20-16-12-14-18-24-42-34-28-37(6,7)40-38(8,9)29-34/h21-22,25,33-34,39-40H,10-20,23-24,26-29H2,1-9H3. The van der Waals surface area contributed by atoms with Crippen molar-refractivity contribution in [2.24, 2.45) is 0 Å². The maximum Gasteiger partial charge on any atom is 0.0609 e. The van der Waals surface area contributed by atoms with E-state index in [9.17, 15) is 0 Å². The lowest BCUT2D eigenvalue weighted by Crippen LogP contribution is -2.59. The molecule has 42 heavy (non-hydrogen) atoms. The van der Waals surface area contributed by atoms with Crippen LogP contribution in [0.25, 0.3) is 0 Å². The van der Waals surface area contributed by atoms with Crippen LogP contribution in [0.1, 0.15) is 156 Å². The van der Waals surface area contributed by atoms with E-state index in [-0.39, 0.29) is 22.2 Å². The van der Waals surface area contributed by atoms with E-state index in [1.807, 2.05) is 0 Å². The van der Waals surface area contributed by atoms with E-state index >= 15 is 0 Å². The molecule has 242 valence electrons. The fourth-order valence-corrected chi connectivity index (χ4v) is 8.16. The molecule has 1 aromatic carbocycles. The van der Waals surface area contributed by atoms with Crippen molar-refractivity contribution in [2.75, 3.05) is 13.2 Å². The van der Waals surface area contributed by atoms with Gasteiger partial charge in [-0.25, -0.2) is 0 Å². The van der Waals surface area contributed by atoms with Gasteiger partial charge in [0.05, 0.1) is 12.2 Å². The third-order valence-corrected chi connectivity index (χ3v) is 9.36. The number of hydrogen-bond donors (Lipinski definition) is 2. The lowest BCUT2D eigenvalue weighted by atomic mass is 9.81. The minimum atomic E-state index is 0.163. The molecule has 1 aromatic rings. The van der Waals surface area contributed by atoms with Gasteiger partial charge in [0.1, 0.15) is 0 Å². The van der Waals surface area contributed by atoms with Gasteiger partial charge in [0.25, 0.3) is 0 Å². The summed E-state index contributed by atoms with van der Waals surface area (Å²) in [7, 11) is 0. The Hall–Kier alpha value is -0.940. The Labute approximate surface area is 260 Å². The van der Waals surface area contributed by atoms with Gasteiger partial charge in [-0.3, -0.25) is 0 Å². The molecule has 0 spiro atoms. The van der Waals surface area contributed by atoms with Gasteiger partial charge >= 0.3 is 0 Å². The van der Waals surface area contributed by atoms with Gasteiger partial charge in [-0.05, 0) is 143 Å². The molecular weight excluding hydrogens is 516 g/mol. The van der Waals surface area contributed by atoms with Crippen LogP contribution in [0.5, 0.6) is 0 Å². The summed E-state index contributed by atoms with van der Waals surface area (Å²) in [5.74, 6) is 0. The lowest BCUT2D eigenvalue weighted by Gasteiger charge is -2.46. The maximum absolute atomic E-state index is 6.32. The number of unbranched alkanes of at least 4 members (excludes halogenated alkanes) is 6. The summed E-state index contributed by atoms with van der Waals surface area (Å²) in [6.45, 7) is 22.5. The van der Waals surface area contributed by atoms with Crippen molar-refractivity contribution >= 4 is 0 Å². The normalized spacial score (nSPS) is 21.9. The highest BCUT2D eigenvalue weighted by Crippen LogP contribution is 2.31. The average molecular weight is 585 g/mol. The summed E-state index contributed by atoms with van der Waals surface area (Å²) in [4.78, 5) is 0. The number of ether oxygens (including phenoxy) is 2. The summed E-state index contributed by atoms with van der Waals surface area (Å²) in [5.41, 5.74) is 5.31. The largest absolute Gasteiger partial charge is 0.378 e. The van der Waals surface area contributed by atoms with Crippen LogP contribution in [0.2, 0.25) is 0 Å². The molecule has 4 heteroatoms. The number of hydrogen-bond acceptors (Lipinski definition) is 4. The quantitative estimate of drug-likeness (QED) is 0.179. The smallest absolute Gasteiger partial charge is 0.0609 e. The van der Waals surface area contributed by atoms with Crippen LogP contribution >= 0.6 is 0 Å². The van der Waals surface area contributed by atoms with Crippen LogP contribution in [0.4, 0.5) is 0 Å². The van der Waals surface area contributed by atoms with Crippen LogP contribution in [0.15, 0.2) is 18.2 Å². The zero-order chi connectivity index (χ0) is 30.9. The van der Waals surface area contributed by atoms with Crippen LogP contribution in [0, 0.1) is 0 Å². The minimum Gasteiger partial charge on any atom is -0.378 e. The van der Waals surface area contributed by atoms with Crippen LogP contribution in [0.3, 0.4) is 0 Å². The first kappa shape index (κ1) is 35.5. The van der Waals surface area contributed by atoms with Gasteiger partial charge in [-0.2, -0.15) is 0 Å². The zero-order valence-corrected chi connectivity index (χ0v) is 29.2. The Balaban J connectivity index is 1.24. The van der Waals surface area contributed by atoms with Crippen LogP contribution in [-0.4, -0.2) is 47.6 Å². The third kappa shape index (κ3) is 13.0. The molecule has 2 N–H and O–H groups in total. The molecule has 0 aromatic heterocycles. The van der Waals surface area contributed by atoms with Gasteiger partial charge in [-0.15, -0.1) is 0 Å². The first-order valence-corrected chi connectivity index (χ1v) is 17.6. The van der Waals surface area contributed by atoms with E-state index in [0.29, 0.717) is 12.2 Å². The highest BCUT2D eigenvalue weighted by molar-refractivity contribution is 5.32. The Morgan fingerprint density at radius 1 is 0.571 bits per heavy atom. The molecule has 3 rings (SSSR count). The van der Waals surface area contributed by atoms with Gasteiger partial charge in [0, 0.05) is 35.4 Å². The lowest BCUT2D eigenvalue weighted by molar-refractivity contribution is -0.0233. The summed E-state index contributed by atoms with van der Waals surface area (Å²) in [6.07, 6.45) is 18.9. The molecule has 0 unspecified atom stereocenters. The van der Waals surface area contributed by atoms with Gasteiger partial charge in [0.15, 0.2) is 0 Å². The average Bonchev–Trinajstić information content (AvgIpc) is 2.84. The highest BCUT2D eigenvalue weighted by Gasteiger charge is 2.39. The van der Waals surface area contributed by atoms with E-state index in [0.717, 1.165) is 45.3 Å². The number of nitrogens with one attached hydrogen (secondary N) is 2. The Kier molecular flexibility index (Phi) is 13.4. The van der Waals surface area contributed by atoms with Crippen molar-refractivity contribution < 1.29 is 9.47 Å². The second-order valence-corrected chi connectivity index (χ2v) is 16.4. The molecule has 2 saturated heterocycles. The monoisotopic (exact) mass is 585 g/mol. The number of rotatable bonds is 17. The SMILES string of the molecule is CCc1cc(CCCCCCOC2CC(C)(C)NC(C)(C)C2)ccc1CCCCCCOC1CC(C)(C)NC(C)(C)C1. The molecule has 2 heterocycles. The maximum atomic E-state index is 6.32. The molecule has 0 radical (unpaired) electrons. The van der Waals surface area contributed by atoms with E-state index in [2.05, 4.69) is 91.1 Å². The Bertz CT molecular complexity index is 903. The zero-order valence-electron chi connectivity index (χ0n) is 29.2. The van der Waals surface area contributed by atoms with Crippen molar-refractivity contribution in [2.45, 2.75) is 193 Å². The number of piperidine rings is 2.